The molecule has 23 heavy (non-hydrogen) atoms. The van der Waals surface area contributed by atoms with Crippen molar-refractivity contribution in [3.63, 3.8) is 0 Å². The van der Waals surface area contributed by atoms with Gasteiger partial charge >= 0.3 is 5.97 Å². The van der Waals surface area contributed by atoms with Crippen LogP contribution in [0.4, 0.5) is 0 Å². The van der Waals surface area contributed by atoms with Gasteiger partial charge in [-0.05, 0) is 25.3 Å². The lowest BCUT2D eigenvalue weighted by Gasteiger charge is -2.25. The van der Waals surface area contributed by atoms with Crippen molar-refractivity contribution in [3.05, 3.63) is 48.5 Å². The van der Waals surface area contributed by atoms with Gasteiger partial charge in [0.15, 0.2) is 0 Å². The summed E-state index contributed by atoms with van der Waals surface area (Å²) in [6.45, 7) is 0. The molecule has 0 unspecified atom stereocenters. The maximum Gasteiger partial charge on any atom is 0.342 e. The van der Waals surface area contributed by atoms with Gasteiger partial charge in [0.2, 0.25) is 0 Å². The van der Waals surface area contributed by atoms with Crippen LogP contribution in [-0.2, 0) is 11.8 Å². The van der Waals surface area contributed by atoms with Crippen molar-refractivity contribution in [2.45, 2.75) is 25.4 Å². The van der Waals surface area contributed by atoms with Crippen LogP contribution in [0, 0.1) is 0 Å². The van der Waals surface area contributed by atoms with E-state index in [9.17, 15) is 4.79 Å². The summed E-state index contributed by atoms with van der Waals surface area (Å²) in [6.07, 6.45) is 8.07. The van der Waals surface area contributed by atoms with Gasteiger partial charge in [0.05, 0.1) is 5.69 Å². The summed E-state index contributed by atoms with van der Waals surface area (Å²) < 4.78 is 7.56. The molecule has 2 aromatic heterocycles. The minimum atomic E-state index is -0.335. The first-order valence-corrected chi connectivity index (χ1v) is 7.79. The van der Waals surface area contributed by atoms with Crippen LogP contribution in [0.3, 0.4) is 0 Å². The van der Waals surface area contributed by atoms with Crippen molar-refractivity contribution in [1.82, 2.24) is 14.5 Å². The van der Waals surface area contributed by atoms with E-state index in [4.69, 9.17) is 4.74 Å². The molecule has 1 aliphatic carbocycles. The Bertz CT molecular complexity index is 881. The predicted molar refractivity (Wildman–Crippen MR) is 87.0 cm³/mol. The van der Waals surface area contributed by atoms with Gasteiger partial charge < -0.3 is 9.30 Å². The Morgan fingerprint density at radius 3 is 2.91 bits per heavy atom. The molecule has 0 spiro atoms. The smallest absolute Gasteiger partial charge is 0.342 e. The third-order valence-corrected chi connectivity index (χ3v) is 4.41. The highest BCUT2D eigenvalue weighted by molar-refractivity contribution is 6.02. The molecule has 3 aromatic rings. The number of ether oxygens (including phenoxy) is 1. The first kappa shape index (κ1) is 13.9. The van der Waals surface area contributed by atoms with Crippen LogP contribution in [-0.4, -0.2) is 26.6 Å². The third-order valence-electron chi connectivity index (χ3n) is 4.41. The number of esters is 1. The number of carbonyl (C=O) groups excluding carboxylic acids is 1. The molecule has 0 N–H and O–H groups in total. The van der Waals surface area contributed by atoms with Crippen LogP contribution in [0.1, 0.15) is 29.6 Å². The van der Waals surface area contributed by atoms with Crippen molar-refractivity contribution in [2.24, 2.45) is 7.05 Å². The van der Waals surface area contributed by atoms with E-state index in [0.29, 0.717) is 11.3 Å². The van der Waals surface area contributed by atoms with Crippen LogP contribution in [0.25, 0.3) is 22.2 Å². The zero-order chi connectivity index (χ0) is 15.8. The number of benzene rings is 1. The number of aryl methyl sites for hydroxylation is 1. The van der Waals surface area contributed by atoms with E-state index in [1.165, 1.54) is 6.33 Å². The number of aromatic nitrogens is 3. The highest BCUT2D eigenvalue weighted by Crippen LogP contribution is 2.31. The zero-order valence-corrected chi connectivity index (χ0v) is 12.9. The number of para-hydroxylation sites is 1. The first-order valence-electron chi connectivity index (χ1n) is 7.79. The molecule has 4 rings (SSSR count). The topological polar surface area (TPSA) is 57.0 Å². The molecule has 0 amide bonds. The second-order valence-electron chi connectivity index (χ2n) is 5.91. The summed E-state index contributed by atoms with van der Waals surface area (Å²) >= 11 is 0. The average molecular weight is 307 g/mol. The summed E-state index contributed by atoms with van der Waals surface area (Å²) in [5.74, 6) is -0.335. The fraction of sp³-hybridized carbons (Fsp3) is 0.278. The van der Waals surface area contributed by atoms with E-state index in [-0.39, 0.29) is 12.1 Å². The first-order chi connectivity index (χ1) is 11.2. The van der Waals surface area contributed by atoms with Gasteiger partial charge in [-0.15, -0.1) is 0 Å². The van der Waals surface area contributed by atoms with Gasteiger partial charge in [-0.25, -0.2) is 14.8 Å². The van der Waals surface area contributed by atoms with Gasteiger partial charge in [0.25, 0.3) is 0 Å². The van der Waals surface area contributed by atoms with Gasteiger partial charge in [-0.1, -0.05) is 18.2 Å². The van der Waals surface area contributed by atoms with E-state index in [1.807, 2.05) is 42.1 Å². The molecule has 1 aliphatic rings. The van der Waals surface area contributed by atoms with Crippen LogP contribution in [0.15, 0.2) is 43.0 Å². The minimum Gasteiger partial charge on any atom is -0.459 e. The molecular formula is C18H17N3O2. The third kappa shape index (κ3) is 2.38. The van der Waals surface area contributed by atoms with E-state index < -0.39 is 0 Å². The number of hydrogen-bond acceptors (Lipinski definition) is 4. The highest BCUT2D eigenvalue weighted by Gasteiger charge is 2.25. The van der Waals surface area contributed by atoms with Crippen molar-refractivity contribution in [3.8, 4) is 11.3 Å². The lowest BCUT2D eigenvalue weighted by molar-refractivity contribution is 0.00901. The highest BCUT2D eigenvalue weighted by atomic mass is 16.5. The molecule has 0 radical (unpaired) electrons. The van der Waals surface area contributed by atoms with Crippen LogP contribution in [0.5, 0.6) is 0 Å². The summed E-state index contributed by atoms with van der Waals surface area (Å²) in [5, 5.41) is 1.06. The Hall–Kier alpha value is -2.69. The fourth-order valence-electron chi connectivity index (χ4n) is 2.93. The quantitative estimate of drug-likeness (QED) is 0.696. The van der Waals surface area contributed by atoms with E-state index >= 15 is 0 Å². The molecule has 5 nitrogen and oxygen atoms in total. The number of hydrogen-bond donors (Lipinski definition) is 0. The molecule has 0 aliphatic heterocycles. The number of carbonyl (C=O) groups is 1. The fourth-order valence-corrected chi connectivity index (χ4v) is 2.93. The Balaban J connectivity index is 1.80. The molecule has 0 saturated heterocycles. The van der Waals surface area contributed by atoms with E-state index in [1.54, 1.807) is 6.20 Å². The maximum atomic E-state index is 12.5. The van der Waals surface area contributed by atoms with Gasteiger partial charge in [0.1, 0.15) is 18.0 Å². The zero-order valence-electron chi connectivity index (χ0n) is 12.9. The Labute approximate surface area is 133 Å². The molecule has 2 heterocycles. The molecular weight excluding hydrogens is 290 g/mol. The van der Waals surface area contributed by atoms with Crippen molar-refractivity contribution in [2.75, 3.05) is 0 Å². The van der Waals surface area contributed by atoms with Crippen LogP contribution in [0.2, 0.25) is 0 Å². The SMILES string of the molecule is Cn1cc(-c2ncncc2C(=O)OC2CCC2)c2ccccc21. The Morgan fingerprint density at radius 1 is 1.30 bits per heavy atom. The lowest BCUT2D eigenvalue weighted by atomic mass is 9.96. The van der Waals surface area contributed by atoms with Crippen molar-refractivity contribution < 1.29 is 9.53 Å². The van der Waals surface area contributed by atoms with Crippen LogP contribution < -0.4 is 0 Å². The molecule has 1 saturated carbocycles. The van der Waals surface area contributed by atoms with Gasteiger partial charge in [-0.3, -0.25) is 0 Å². The Kier molecular flexibility index (Phi) is 3.33. The largest absolute Gasteiger partial charge is 0.459 e. The standard InChI is InChI=1S/C18H17N3O2/c1-21-10-15(13-7-2-3-8-16(13)21)17-14(9-19-11-20-17)18(22)23-12-5-4-6-12/h2-3,7-12H,4-6H2,1H3. The number of fused-ring (bicyclic) bond motifs is 1. The second-order valence-corrected chi connectivity index (χ2v) is 5.91. The summed E-state index contributed by atoms with van der Waals surface area (Å²) in [6, 6.07) is 8.07. The van der Waals surface area contributed by atoms with Gasteiger partial charge in [0, 0.05) is 35.9 Å². The summed E-state index contributed by atoms with van der Waals surface area (Å²) in [5.41, 5.74) is 3.07. The normalized spacial score (nSPS) is 14.7. The molecule has 116 valence electrons. The minimum absolute atomic E-state index is 0.0445. The summed E-state index contributed by atoms with van der Waals surface area (Å²) in [7, 11) is 1.99. The Morgan fingerprint density at radius 2 is 2.13 bits per heavy atom. The average Bonchev–Trinajstić information content (AvgIpc) is 2.88. The summed E-state index contributed by atoms with van der Waals surface area (Å²) in [4.78, 5) is 20.8. The molecule has 1 aromatic carbocycles. The molecule has 5 heteroatoms. The monoisotopic (exact) mass is 307 g/mol. The number of rotatable bonds is 3. The van der Waals surface area contributed by atoms with Crippen LogP contribution >= 0.6 is 0 Å². The van der Waals surface area contributed by atoms with Crippen molar-refractivity contribution >= 4 is 16.9 Å². The predicted octanol–water partition coefficient (Wildman–Crippen LogP) is 3.34. The lowest BCUT2D eigenvalue weighted by Crippen LogP contribution is -2.25. The van der Waals surface area contributed by atoms with E-state index in [2.05, 4.69) is 9.97 Å². The van der Waals surface area contributed by atoms with E-state index in [0.717, 1.165) is 35.7 Å². The van der Waals surface area contributed by atoms with Crippen molar-refractivity contribution in [1.29, 1.82) is 0 Å². The van der Waals surface area contributed by atoms with Gasteiger partial charge in [-0.2, -0.15) is 0 Å². The second kappa shape index (κ2) is 5.50. The molecule has 0 bridgehead atoms. The molecule has 0 atom stereocenters. The number of nitrogens with zero attached hydrogens (tertiary/aromatic N) is 3. The maximum absolute atomic E-state index is 12.5. The molecule has 1 fully saturated rings.